The number of nitrogens with one attached hydrogen (secondary N) is 1. The minimum Gasteiger partial charge on any atom is -0.268 e. The molecule has 0 saturated heterocycles. The molecule has 0 aromatic heterocycles. The summed E-state index contributed by atoms with van der Waals surface area (Å²) in [5, 5.41) is 2.11. The van der Waals surface area contributed by atoms with Gasteiger partial charge in [0.05, 0.1) is 11.1 Å². The van der Waals surface area contributed by atoms with Gasteiger partial charge in [-0.15, -0.1) is 0 Å². The molecule has 0 aliphatic carbocycles. The first-order valence-electron chi connectivity index (χ1n) is 6.48. The third kappa shape index (κ3) is 2.03. The molecular formula is C16H11BrN2O3. The lowest BCUT2D eigenvalue weighted by Gasteiger charge is -2.27. The Morgan fingerprint density at radius 3 is 2.41 bits per heavy atom. The van der Waals surface area contributed by atoms with E-state index < -0.39 is 17.7 Å². The van der Waals surface area contributed by atoms with E-state index in [1.807, 2.05) is 6.07 Å². The maximum atomic E-state index is 12.5. The molecule has 0 saturated carbocycles. The average molecular weight is 359 g/mol. The Morgan fingerprint density at radius 2 is 1.77 bits per heavy atom. The largest absolute Gasteiger partial charge is 0.280 e. The molecule has 1 aliphatic heterocycles. The first-order chi connectivity index (χ1) is 10.4. The van der Waals surface area contributed by atoms with Crippen LogP contribution in [0.1, 0.15) is 27.6 Å². The molecule has 1 heterocycles. The third-order valence-corrected chi connectivity index (χ3v) is 4.15. The van der Waals surface area contributed by atoms with Crippen LogP contribution < -0.4 is 5.43 Å². The number of carbonyl (C=O) groups is 3. The Hall–Kier alpha value is -2.47. The molecule has 0 unspecified atom stereocenters. The van der Waals surface area contributed by atoms with Gasteiger partial charge >= 0.3 is 0 Å². The number of rotatable bonds is 2. The number of hydrogen-bond acceptors (Lipinski definition) is 3. The van der Waals surface area contributed by atoms with Gasteiger partial charge in [0.1, 0.15) is 0 Å². The monoisotopic (exact) mass is 358 g/mol. The summed E-state index contributed by atoms with van der Waals surface area (Å²) in [5.41, 5.74) is 3.25. The fraction of sp³-hybridized carbons (Fsp3) is 0.0625. The van der Waals surface area contributed by atoms with Crippen molar-refractivity contribution in [3.63, 3.8) is 0 Å². The average Bonchev–Trinajstić information content (AvgIpc) is 2.50. The van der Waals surface area contributed by atoms with Crippen LogP contribution in [-0.2, 0) is 4.79 Å². The zero-order valence-corrected chi connectivity index (χ0v) is 13.2. The van der Waals surface area contributed by atoms with Gasteiger partial charge in [-0.1, -0.05) is 34.6 Å². The first-order valence-corrected chi connectivity index (χ1v) is 7.27. The standard InChI is InChI=1S/C16H11BrN2O3/c1-8(2)14(20)18-19-15(21)10-5-3-4-9-12(17)7-6-11(13(9)10)16(19)22/h3-7H,1H2,2H3,(H,18,20). The molecule has 5 nitrogen and oxygen atoms in total. The van der Waals surface area contributed by atoms with Crippen LogP contribution in [0.2, 0.25) is 0 Å². The molecule has 1 N–H and O–H groups in total. The second-order valence-corrected chi connectivity index (χ2v) is 5.84. The number of hydrogen-bond donors (Lipinski definition) is 1. The lowest BCUT2D eigenvalue weighted by atomic mass is 9.95. The molecule has 110 valence electrons. The van der Waals surface area contributed by atoms with Crippen molar-refractivity contribution in [1.29, 1.82) is 0 Å². The van der Waals surface area contributed by atoms with Gasteiger partial charge in [-0.2, -0.15) is 5.01 Å². The van der Waals surface area contributed by atoms with E-state index in [4.69, 9.17) is 0 Å². The van der Waals surface area contributed by atoms with Crippen molar-refractivity contribution < 1.29 is 14.4 Å². The molecule has 2 aromatic carbocycles. The summed E-state index contributed by atoms with van der Waals surface area (Å²) < 4.78 is 0.799. The highest BCUT2D eigenvalue weighted by Crippen LogP contribution is 2.33. The molecule has 0 fully saturated rings. The minimum atomic E-state index is -0.575. The zero-order valence-electron chi connectivity index (χ0n) is 11.6. The Morgan fingerprint density at radius 1 is 1.14 bits per heavy atom. The summed E-state index contributed by atoms with van der Waals surface area (Å²) in [6, 6.07) is 8.57. The predicted octanol–water partition coefficient (Wildman–Crippen LogP) is 2.81. The number of amides is 3. The van der Waals surface area contributed by atoms with E-state index >= 15 is 0 Å². The predicted molar refractivity (Wildman–Crippen MR) is 85.1 cm³/mol. The topological polar surface area (TPSA) is 66.5 Å². The van der Waals surface area contributed by atoms with E-state index in [1.165, 1.54) is 6.92 Å². The van der Waals surface area contributed by atoms with Crippen molar-refractivity contribution in [1.82, 2.24) is 10.4 Å². The van der Waals surface area contributed by atoms with Crippen molar-refractivity contribution >= 4 is 44.4 Å². The first kappa shape index (κ1) is 14.5. The smallest absolute Gasteiger partial charge is 0.268 e. The van der Waals surface area contributed by atoms with Gasteiger partial charge in [-0.3, -0.25) is 19.8 Å². The highest BCUT2D eigenvalue weighted by Gasteiger charge is 2.34. The number of halogens is 1. The summed E-state index contributed by atoms with van der Waals surface area (Å²) in [6.45, 7) is 5.00. The van der Waals surface area contributed by atoms with Crippen LogP contribution in [0.5, 0.6) is 0 Å². The number of nitrogens with zero attached hydrogens (tertiary/aromatic N) is 1. The van der Waals surface area contributed by atoms with Gasteiger partial charge in [0.25, 0.3) is 17.7 Å². The highest BCUT2D eigenvalue weighted by atomic mass is 79.9. The van der Waals surface area contributed by atoms with Crippen molar-refractivity contribution in [3.05, 3.63) is 58.1 Å². The highest BCUT2D eigenvalue weighted by molar-refractivity contribution is 9.10. The van der Waals surface area contributed by atoms with E-state index in [2.05, 4.69) is 27.9 Å². The Labute approximate surface area is 134 Å². The fourth-order valence-electron chi connectivity index (χ4n) is 2.36. The summed E-state index contributed by atoms with van der Waals surface area (Å²) in [6.07, 6.45) is 0. The molecule has 22 heavy (non-hydrogen) atoms. The summed E-state index contributed by atoms with van der Waals surface area (Å²) in [7, 11) is 0. The van der Waals surface area contributed by atoms with Gasteiger partial charge in [-0.05, 0) is 30.5 Å². The second kappa shape index (κ2) is 5.06. The lowest BCUT2D eigenvalue weighted by Crippen LogP contribution is -2.51. The molecule has 6 heteroatoms. The Balaban J connectivity index is 2.19. The van der Waals surface area contributed by atoms with E-state index in [0.29, 0.717) is 16.5 Å². The van der Waals surface area contributed by atoms with E-state index in [9.17, 15) is 14.4 Å². The summed E-state index contributed by atoms with van der Waals surface area (Å²) in [4.78, 5) is 36.8. The maximum Gasteiger partial charge on any atom is 0.280 e. The zero-order chi connectivity index (χ0) is 16.0. The third-order valence-electron chi connectivity index (χ3n) is 3.46. The number of imide groups is 1. The van der Waals surface area contributed by atoms with Gasteiger partial charge in [0, 0.05) is 15.4 Å². The molecule has 0 bridgehead atoms. The van der Waals surface area contributed by atoms with Crippen LogP contribution in [-0.4, -0.2) is 22.7 Å². The van der Waals surface area contributed by atoms with E-state index in [1.54, 1.807) is 24.3 Å². The van der Waals surface area contributed by atoms with Crippen LogP contribution in [0.3, 0.4) is 0 Å². The SMILES string of the molecule is C=C(C)C(=O)NN1C(=O)c2cccc3c(Br)ccc(c23)C1=O. The van der Waals surface area contributed by atoms with Crippen LogP contribution in [0.25, 0.3) is 10.8 Å². The van der Waals surface area contributed by atoms with Crippen molar-refractivity contribution in [2.45, 2.75) is 6.92 Å². The maximum absolute atomic E-state index is 12.5. The molecular weight excluding hydrogens is 348 g/mol. The molecule has 3 rings (SSSR count). The lowest BCUT2D eigenvalue weighted by molar-refractivity contribution is -0.120. The fourth-order valence-corrected chi connectivity index (χ4v) is 2.82. The molecule has 0 radical (unpaired) electrons. The van der Waals surface area contributed by atoms with Crippen molar-refractivity contribution in [3.8, 4) is 0 Å². The number of hydrazine groups is 1. The van der Waals surface area contributed by atoms with Crippen molar-refractivity contribution in [2.75, 3.05) is 0 Å². The Kier molecular flexibility index (Phi) is 3.33. The van der Waals surface area contributed by atoms with Crippen LogP contribution in [0, 0.1) is 0 Å². The normalized spacial score (nSPS) is 13.5. The number of benzene rings is 2. The van der Waals surface area contributed by atoms with Crippen molar-refractivity contribution in [2.24, 2.45) is 0 Å². The molecule has 3 amide bonds. The van der Waals surface area contributed by atoms with E-state index in [-0.39, 0.29) is 5.57 Å². The molecule has 0 spiro atoms. The van der Waals surface area contributed by atoms with Gasteiger partial charge < -0.3 is 0 Å². The van der Waals surface area contributed by atoms with Gasteiger partial charge in [0.15, 0.2) is 0 Å². The van der Waals surface area contributed by atoms with Crippen LogP contribution >= 0.6 is 15.9 Å². The molecule has 1 aliphatic rings. The van der Waals surface area contributed by atoms with E-state index in [0.717, 1.165) is 14.9 Å². The van der Waals surface area contributed by atoms with Gasteiger partial charge in [0.2, 0.25) is 0 Å². The summed E-state index contributed by atoms with van der Waals surface area (Å²) >= 11 is 3.42. The minimum absolute atomic E-state index is 0.209. The summed E-state index contributed by atoms with van der Waals surface area (Å²) in [5.74, 6) is -1.69. The van der Waals surface area contributed by atoms with Gasteiger partial charge in [-0.25, -0.2) is 0 Å². The number of carbonyl (C=O) groups excluding carboxylic acids is 3. The molecule has 2 aromatic rings. The molecule has 0 atom stereocenters. The second-order valence-electron chi connectivity index (χ2n) is 4.99. The van der Waals surface area contributed by atoms with Crippen LogP contribution in [0.4, 0.5) is 0 Å². The Bertz CT molecular complexity index is 851. The quantitative estimate of drug-likeness (QED) is 0.662. The van der Waals surface area contributed by atoms with Crippen LogP contribution in [0.15, 0.2) is 47.0 Å².